The minimum absolute atomic E-state index is 0. The Morgan fingerprint density at radius 2 is 1.45 bits per heavy atom. The molecule has 5 heteroatoms. The minimum atomic E-state index is 0. The summed E-state index contributed by atoms with van der Waals surface area (Å²) in [5, 5.41) is 2.26. The van der Waals surface area contributed by atoms with E-state index >= 15 is 0 Å². The number of anilines is 3. The van der Waals surface area contributed by atoms with Gasteiger partial charge in [0.2, 0.25) is 0 Å². The predicted octanol–water partition coefficient (Wildman–Crippen LogP) is 10.9. The molecule has 8 rings (SSSR count). The summed E-state index contributed by atoms with van der Waals surface area (Å²) in [7, 11) is 2.05. The van der Waals surface area contributed by atoms with Crippen molar-refractivity contribution in [3.63, 3.8) is 0 Å². The Kier molecular flexibility index (Phi) is 9.50. The van der Waals surface area contributed by atoms with Gasteiger partial charge in [-0.3, -0.25) is 0 Å². The second kappa shape index (κ2) is 13.7. The summed E-state index contributed by atoms with van der Waals surface area (Å²) in [6.45, 7) is 11.2. The molecule has 0 N–H and O–H groups in total. The average molecular weight is 793 g/mol. The van der Waals surface area contributed by atoms with Crippen molar-refractivity contribution < 1.29 is 24.5 Å². The van der Waals surface area contributed by atoms with E-state index in [0.717, 1.165) is 44.6 Å². The molecule has 0 spiro atoms. The number of benzene rings is 5. The third-order valence-corrected chi connectivity index (χ3v) is 8.87. The van der Waals surface area contributed by atoms with Crippen molar-refractivity contribution in [1.82, 2.24) is 0 Å². The van der Waals surface area contributed by atoms with E-state index in [1.165, 1.54) is 22.4 Å². The topological polar surface area (TPSA) is 32.0 Å². The van der Waals surface area contributed by atoms with Gasteiger partial charge in [-0.2, -0.15) is 24.9 Å². The van der Waals surface area contributed by atoms with Crippen LogP contribution in [0.2, 0.25) is 0 Å². The molecule has 236 valence electrons. The Labute approximate surface area is 291 Å². The number of hydrogen-bond donors (Lipinski definition) is 0. The van der Waals surface area contributed by atoms with E-state index in [0.29, 0.717) is 11.8 Å². The van der Waals surface area contributed by atoms with Gasteiger partial charge < -0.3 is 19.2 Å². The fourth-order valence-corrected chi connectivity index (χ4v) is 6.67. The molecule has 6 aromatic rings. The van der Waals surface area contributed by atoms with Gasteiger partial charge in [0.15, 0.2) is 0 Å². The van der Waals surface area contributed by atoms with Crippen LogP contribution in [0, 0.1) is 18.8 Å². The molecular weight excluding hydrogens is 755 g/mol. The van der Waals surface area contributed by atoms with E-state index in [1.54, 1.807) is 0 Å². The van der Waals surface area contributed by atoms with E-state index in [1.807, 2.05) is 42.6 Å². The fraction of sp³-hybridized carbons (Fsp3) is 0.190. The zero-order valence-electron chi connectivity index (χ0n) is 27.4. The van der Waals surface area contributed by atoms with E-state index in [4.69, 9.17) is 4.42 Å². The van der Waals surface area contributed by atoms with Crippen molar-refractivity contribution in [2.24, 2.45) is 4.99 Å². The number of fused-ring (bicyclic) bond motifs is 4. The maximum Gasteiger partial charge on any atom is 3.00 e. The average Bonchev–Trinajstić information content (AvgIpc) is 3.81. The smallest absolute Gasteiger partial charge is 0.514 e. The molecule has 1 atom stereocenters. The van der Waals surface area contributed by atoms with Crippen molar-refractivity contribution in [2.75, 3.05) is 16.8 Å². The summed E-state index contributed by atoms with van der Waals surface area (Å²) in [5.74, 6) is 1.22. The van der Waals surface area contributed by atoms with Gasteiger partial charge in [0.1, 0.15) is 5.58 Å². The van der Waals surface area contributed by atoms with E-state index < -0.39 is 0 Å². The Hall–Kier alpha value is -4.44. The molecule has 2 aliphatic heterocycles. The van der Waals surface area contributed by atoms with Crippen LogP contribution in [0.4, 0.5) is 17.1 Å². The first-order valence-electron chi connectivity index (χ1n) is 16.0. The van der Waals surface area contributed by atoms with Crippen LogP contribution >= 0.6 is 0 Å². The predicted molar refractivity (Wildman–Crippen MR) is 192 cm³/mol. The first-order valence-corrected chi connectivity index (χ1v) is 16.0. The Bertz CT molecular complexity index is 2050. The Morgan fingerprint density at radius 1 is 0.745 bits per heavy atom. The number of furan rings is 1. The second-order valence-electron chi connectivity index (χ2n) is 12.5. The molecule has 0 amide bonds. The summed E-state index contributed by atoms with van der Waals surface area (Å²) in [6, 6.07) is 42.1. The van der Waals surface area contributed by atoms with Crippen LogP contribution in [0.1, 0.15) is 67.7 Å². The molecule has 0 fully saturated rings. The summed E-state index contributed by atoms with van der Waals surface area (Å²) in [5.41, 5.74) is 11.5. The first-order chi connectivity index (χ1) is 22.4. The van der Waals surface area contributed by atoms with Gasteiger partial charge in [0.25, 0.3) is 0 Å². The van der Waals surface area contributed by atoms with Crippen LogP contribution in [0.15, 0.2) is 125 Å². The van der Waals surface area contributed by atoms with Gasteiger partial charge in [-0.25, -0.2) is 0 Å². The van der Waals surface area contributed by atoms with Crippen LogP contribution in [0.5, 0.6) is 0 Å². The van der Waals surface area contributed by atoms with E-state index in [2.05, 4.69) is 141 Å². The van der Waals surface area contributed by atoms with Crippen LogP contribution in [-0.4, -0.2) is 12.8 Å². The van der Waals surface area contributed by atoms with Crippen LogP contribution in [-0.2, 0) is 20.1 Å². The van der Waals surface area contributed by atoms with E-state index in [9.17, 15) is 0 Å². The zero-order chi connectivity index (χ0) is 31.8. The first kappa shape index (κ1) is 32.5. The molecule has 0 saturated carbocycles. The van der Waals surface area contributed by atoms with Gasteiger partial charge in [-0.1, -0.05) is 93.4 Å². The van der Waals surface area contributed by atoms with Gasteiger partial charge in [-0.05, 0) is 59.5 Å². The van der Waals surface area contributed by atoms with Crippen molar-refractivity contribution in [3.05, 3.63) is 156 Å². The summed E-state index contributed by atoms with van der Waals surface area (Å²) >= 11 is 0. The molecule has 4 nitrogen and oxygen atoms in total. The SMILES string of the molecule is CC(C)c1cccc(C(C)C)c1C1C=CN=C1c1[c-]cccc1.CN1[CH-]N(c2[c-]ccc3c2oc2ccccc23)c2ccccc21.[Ir+3]. The van der Waals surface area contributed by atoms with Gasteiger partial charge in [0, 0.05) is 34.5 Å². The number of hydrogen-bond acceptors (Lipinski definition) is 4. The fourth-order valence-electron chi connectivity index (χ4n) is 6.67. The van der Waals surface area contributed by atoms with E-state index in [-0.39, 0.29) is 26.0 Å². The molecule has 0 aliphatic carbocycles. The van der Waals surface area contributed by atoms with Crippen molar-refractivity contribution in [3.8, 4) is 0 Å². The van der Waals surface area contributed by atoms with Gasteiger partial charge in [-0.15, -0.1) is 35.9 Å². The third-order valence-electron chi connectivity index (χ3n) is 8.87. The Balaban J connectivity index is 0.000000161. The summed E-state index contributed by atoms with van der Waals surface area (Å²) in [6.07, 6.45) is 4.17. The second-order valence-corrected chi connectivity index (χ2v) is 12.5. The maximum absolute atomic E-state index is 6.13. The molecule has 1 unspecified atom stereocenters. The molecule has 1 aromatic heterocycles. The van der Waals surface area contributed by atoms with Crippen LogP contribution in [0.3, 0.4) is 0 Å². The molecule has 5 aromatic carbocycles. The molecule has 3 heterocycles. The third kappa shape index (κ3) is 6.06. The monoisotopic (exact) mass is 793 g/mol. The largest absolute Gasteiger partial charge is 3.00 e. The molecule has 47 heavy (non-hydrogen) atoms. The van der Waals surface area contributed by atoms with Crippen molar-refractivity contribution >= 4 is 44.7 Å². The Morgan fingerprint density at radius 3 is 2.17 bits per heavy atom. The van der Waals surface area contributed by atoms with Crippen molar-refractivity contribution in [1.29, 1.82) is 0 Å². The van der Waals surface area contributed by atoms with Gasteiger partial charge >= 0.3 is 20.1 Å². The van der Waals surface area contributed by atoms with Crippen LogP contribution in [0.25, 0.3) is 21.9 Å². The number of rotatable bonds is 5. The minimum Gasteiger partial charge on any atom is -0.514 e. The van der Waals surface area contributed by atoms with Crippen LogP contribution < -0.4 is 9.80 Å². The number of para-hydroxylation sites is 3. The van der Waals surface area contributed by atoms with Gasteiger partial charge in [0.05, 0.1) is 0 Å². The normalized spacial score (nSPS) is 15.2. The number of aliphatic imine (C=N–C) groups is 1. The molecule has 0 bridgehead atoms. The van der Waals surface area contributed by atoms with Crippen molar-refractivity contribution in [2.45, 2.75) is 45.4 Å². The molecule has 0 saturated heterocycles. The standard InChI is InChI=1S/C22H24N.C20H14N2O.Ir/c1-15(2)18-11-8-12-19(16(3)4)21(18)20-13-14-23-22(20)17-9-6-5-7-10-17;1-21-13-22(17-10-4-3-9-16(17)21)18-11-6-8-15-14-7-2-5-12-19(14)23-20(15)18;/h5-9,11-16,20H,1-4H3;2-10,12-13H,1H3;/q-1;-2;+3. The molecule has 0 radical (unpaired) electrons. The number of allylic oxidation sites excluding steroid dienone is 1. The summed E-state index contributed by atoms with van der Waals surface area (Å²) < 4.78 is 6.13. The summed E-state index contributed by atoms with van der Waals surface area (Å²) in [4.78, 5) is 8.92. The maximum atomic E-state index is 6.13. The zero-order valence-corrected chi connectivity index (χ0v) is 29.8. The number of nitrogens with zero attached hydrogens (tertiary/aromatic N) is 3. The molecule has 2 aliphatic rings. The quantitative estimate of drug-likeness (QED) is 0.163. The molecular formula is C42H38IrN3O.